The van der Waals surface area contributed by atoms with E-state index in [4.69, 9.17) is 9.47 Å². The molecule has 1 aliphatic carbocycles. The Morgan fingerprint density at radius 2 is 1.71 bits per heavy atom. The van der Waals surface area contributed by atoms with Gasteiger partial charge in [0, 0.05) is 32.2 Å². The molecule has 1 fully saturated rings. The summed E-state index contributed by atoms with van der Waals surface area (Å²) in [5, 5.41) is 10.4. The highest BCUT2D eigenvalue weighted by Crippen LogP contribution is 2.32. The fraction of sp³-hybridized carbons (Fsp3) is 0.538. The minimum atomic E-state index is -0.551. The average molecular weight is 427 g/mol. The van der Waals surface area contributed by atoms with E-state index in [0.717, 1.165) is 25.6 Å². The van der Waals surface area contributed by atoms with Crippen LogP contribution in [0.1, 0.15) is 37.8 Å². The van der Waals surface area contributed by atoms with Gasteiger partial charge in [-0.3, -0.25) is 4.90 Å². The van der Waals surface area contributed by atoms with Crippen LogP contribution in [0.15, 0.2) is 48.5 Å². The molecule has 2 aromatic carbocycles. The van der Waals surface area contributed by atoms with Gasteiger partial charge in [-0.1, -0.05) is 36.4 Å². The molecule has 0 aromatic heterocycles. The summed E-state index contributed by atoms with van der Waals surface area (Å²) in [6.07, 6.45) is 2.13. The molecule has 0 radical (unpaired) electrons. The summed E-state index contributed by atoms with van der Waals surface area (Å²) in [5.74, 6) is 2.22. The van der Waals surface area contributed by atoms with E-state index in [0.29, 0.717) is 24.1 Å². The van der Waals surface area contributed by atoms with Gasteiger partial charge in [-0.05, 0) is 62.9 Å². The second-order valence-corrected chi connectivity index (χ2v) is 9.08. The fourth-order valence-electron chi connectivity index (χ4n) is 3.66. The summed E-state index contributed by atoms with van der Waals surface area (Å²) >= 11 is 0. The van der Waals surface area contributed by atoms with Gasteiger partial charge >= 0.3 is 0 Å². The van der Waals surface area contributed by atoms with E-state index in [1.54, 1.807) is 7.11 Å². The third kappa shape index (κ3) is 7.84. The van der Waals surface area contributed by atoms with Crippen LogP contribution < -0.4 is 9.47 Å². The smallest absolute Gasteiger partial charge is 0.161 e. The third-order valence-electron chi connectivity index (χ3n) is 5.91. The summed E-state index contributed by atoms with van der Waals surface area (Å²) < 4.78 is 11.5. The number of aliphatic hydroxyl groups is 1. The first-order chi connectivity index (χ1) is 14.9. The SMILES string of the molecule is COc1ccc(CN(Cc2ccccc2)CC2CC2)cc1OCC(O)CN(C)C(C)C. The zero-order valence-corrected chi connectivity index (χ0v) is 19.5. The first kappa shape index (κ1) is 23.6. The molecule has 1 atom stereocenters. The minimum Gasteiger partial charge on any atom is -0.493 e. The van der Waals surface area contributed by atoms with Gasteiger partial charge in [-0.25, -0.2) is 0 Å². The number of nitrogens with zero attached hydrogens (tertiary/aromatic N) is 2. The van der Waals surface area contributed by atoms with E-state index < -0.39 is 6.10 Å². The predicted molar refractivity (Wildman–Crippen MR) is 126 cm³/mol. The highest BCUT2D eigenvalue weighted by molar-refractivity contribution is 5.43. The number of benzene rings is 2. The molecule has 1 aliphatic rings. The number of likely N-dealkylation sites (N-methyl/N-ethyl adjacent to an activating group) is 1. The monoisotopic (exact) mass is 426 g/mol. The predicted octanol–water partition coefficient (Wildman–Crippen LogP) is 4.19. The van der Waals surface area contributed by atoms with Crippen molar-refractivity contribution in [2.75, 3.05) is 33.9 Å². The van der Waals surface area contributed by atoms with Crippen molar-refractivity contribution >= 4 is 0 Å². The van der Waals surface area contributed by atoms with Gasteiger partial charge in [0.1, 0.15) is 12.7 Å². The first-order valence-corrected chi connectivity index (χ1v) is 11.4. The van der Waals surface area contributed by atoms with E-state index in [9.17, 15) is 5.11 Å². The maximum absolute atomic E-state index is 10.4. The van der Waals surface area contributed by atoms with Crippen LogP contribution in [0.25, 0.3) is 0 Å². The van der Waals surface area contributed by atoms with Gasteiger partial charge in [0.2, 0.25) is 0 Å². The summed E-state index contributed by atoms with van der Waals surface area (Å²) in [6, 6.07) is 17.2. The summed E-state index contributed by atoms with van der Waals surface area (Å²) in [5.41, 5.74) is 2.53. The van der Waals surface area contributed by atoms with Crippen molar-refractivity contribution in [3.8, 4) is 11.5 Å². The molecule has 0 spiro atoms. The largest absolute Gasteiger partial charge is 0.493 e. The Hall–Kier alpha value is -2.08. The van der Waals surface area contributed by atoms with Crippen molar-refractivity contribution in [2.45, 2.75) is 51.9 Å². The molecular weight excluding hydrogens is 388 g/mol. The standard InChI is InChI=1S/C26H38N2O3/c1-20(2)27(3)18-24(29)19-31-26-14-23(12-13-25(26)30-4)17-28(16-22-10-11-22)15-21-8-6-5-7-9-21/h5-9,12-14,20,22,24,29H,10-11,15-19H2,1-4H3. The van der Waals surface area contributed by atoms with E-state index in [1.165, 1.54) is 24.0 Å². The summed E-state index contributed by atoms with van der Waals surface area (Å²) in [7, 11) is 3.66. The zero-order valence-electron chi connectivity index (χ0n) is 19.5. The molecule has 1 saturated carbocycles. The van der Waals surface area contributed by atoms with Crippen LogP contribution in [0, 0.1) is 5.92 Å². The number of hydrogen-bond acceptors (Lipinski definition) is 5. The van der Waals surface area contributed by atoms with Crippen molar-refractivity contribution in [2.24, 2.45) is 5.92 Å². The number of hydrogen-bond donors (Lipinski definition) is 1. The number of rotatable bonds is 13. The lowest BCUT2D eigenvalue weighted by molar-refractivity contribution is 0.0668. The fourth-order valence-corrected chi connectivity index (χ4v) is 3.66. The maximum Gasteiger partial charge on any atom is 0.161 e. The molecule has 170 valence electrons. The van der Waals surface area contributed by atoms with Crippen molar-refractivity contribution in [1.82, 2.24) is 9.80 Å². The van der Waals surface area contributed by atoms with Gasteiger partial charge in [-0.2, -0.15) is 0 Å². The quantitative estimate of drug-likeness (QED) is 0.520. The molecule has 0 bridgehead atoms. The van der Waals surface area contributed by atoms with Gasteiger partial charge in [-0.15, -0.1) is 0 Å². The molecule has 1 N–H and O–H groups in total. The highest BCUT2D eigenvalue weighted by atomic mass is 16.5. The second kappa shape index (κ2) is 11.5. The first-order valence-electron chi connectivity index (χ1n) is 11.4. The van der Waals surface area contributed by atoms with E-state index in [2.05, 4.69) is 66.1 Å². The molecule has 31 heavy (non-hydrogen) atoms. The van der Waals surface area contributed by atoms with Crippen LogP contribution >= 0.6 is 0 Å². The Balaban J connectivity index is 1.64. The number of ether oxygens (including phenoxy) is 2. The normalized spacial score (nSPS) is 15.0. The molecular formula is C26H38N2O3. The van der Waals surface area contributed by atoms with Gasteiger partial charge in [0.25, 0.3) is 0 Å². The van der Waals surface area contributed by atoms with Crippen LogP contribution in [0.5, 0.6) is 11.5 Å². The molecule has 0 saturated heterocycles. The average Bonchev–Trinajstić information content (AvgIpc) is 3.57. The topological polar surface area (TPSA) is 45.2 Å². The number of methoxy groups -OCH3 is 1. The van der Waals surface area contributed by atoms with Crippen molar-refractivity contribution in [3.63, 3.8) is 0 Å². The lowest BCUT2D eigenvalue weighted by Gasteiger charge is -2.25. The second-order valence-electron chi connectivity index (χ2n) is 9.08. The van der Waals surface area contributed by atoms with Crippen LogP contribution in [0.4, 0.5) is 0 Å². The van der Waals surface area contributed by atoms with Crippen LogP contribution in [-0.2, 0) is 13.1 Å². The van der Waals surface area contributed by atoms with Crippen LogP contribution in [-0.4, -0.2) is 60.9 Å². The van der Waals surface area contributed by atoms with Crippen LogP contribution in [0.3, 0.4) is 0 Å². The van der Waals surface area contributed by atoms with Crippen molar-refractivity contribution < 1.29 is 14.6 Å². The molecule has 1 unspecified atom stereocenters. The van der Waals surface area contributed by atoms with Gasteiger partial charge in [0.05, 0.1) is 7.11 Å². The molecule has 3 rings (SSSR count). The molecule has 2 aromatic rings. The van der Waals surface area contributed by atoms with Crippen molar-refractivity contribution in [3.05, 3.63) is 59.7 Å². The number of aliphatic hydroxyl groups excluding tert-OH is 1. The third-order valence-corrected chi connectivity index (χ3v) is 5.91. The molecule has 0 amide bonds. The lowest BCUT2D eigenvalue weighted by Crippen LogP contribution is -2.37. The van der Waals surface area contributed by atoms with Crippen LogP contribution in [0.2, 0.25) is 0 Å². The minimum absolute atomic E-state index is 0.243. The summed E-state index contributed by atoms with van der Waals surface area (Å²) in [4.78, 5) is 4.63. The highest BCUT2D eigenvalue weighted by Gasteiger charge is 2.24. The Kier molecular flexibility index (Phi) is 8.76. The molecule has 0 aliphatic heterocycles. The lowest BCUT2D eigenvalue weighted by atomic mass is 10.1. The zero-order chi connectivity index (χ0) is 22.2. The van der Waals surface area contributed by atoms with E-state index in [-0.39, 0.29) is 6.61 Å². The Labute approximate surface area is 187 Å². The Bertz CT molecular complexity index is 792. The molecule has 0 heterocycles. The Morgan fingerprint density at radius 1 is 1.00 bits per heavy atom. The Morgan fingerprint density at radius 3 is 2.35 bits per heavy atom. The van der Waals surface area contributed by atoms with E-state index in [1.807, 2.05) is 13.1 Å². The van der Waals surface area contributed by atoms with Gasteiger partial charge in [0.15, 0.2) is 11.5 Å². The van der Waals surface area contributed by atoms with Gasteiger partial charge < -0.3 is 19.5 Å². The van der Waals surface area contributed by atoms with Crippen molar-refractivity contribution in [1.29, 1.82) is 0 Å². The van der Waals surface area contributed by atoms with E-state index >= 15 is 0 Å². The molecule has 5 nitrogen and oxygen atoms in total. The maximum atomic E-state index is 10.4. The summed E-state index contributed by atoms with van der Waals surface area (Å²) in [6.45, 7) is 7.98. The molecule has 5 heteroatoms.